The molecule has 9 aromatic rings. The number of amidine groups is 1. The molecule has 12 rings (SSSR count). The van der Waals surface area contributed by atoms with E-state index in [4.69, 9.17) is 14.7 Å². The summed E-state index contributed by atoms with van der Waals surface area (Å²) in [4.78, 5) is 10.2. The smallest absolute Gasteiger partial charge is 0.133 e. The maximum Gasteiger partial charge on any atom is 0.133 e. The van der Waals surface area contributed by atoms with Gasteiger partial charge in [0.1, 0.15) is 17.3 Å². The number of benzene rings is 8. The van der Waals surface area contributed by atoms with Crippen molar-refractivity contribution in [2.75, 3.05) is 0 Å². The average molecular weight is 794 g/mol. The van der Waals surface area contributed by atoms with Crippen LogP contribution >= 0.6 is 0 Å². The van der Waals surface area contributed by atoms with Crippen LogP contribution in [0.25, 0.3) is 50.3 Å². The van der Waals surface area contributed by atoms with Gasteiger partial charge in [-0.2, -0.15) is 0 Å². The Morgan fingerprint density at radius 1 is 0.419 bits per heavy atom. The molecule has 0 saturated carbocycles. The number of pyridine rings is 1. The highest BCUT2D eigenvalue weighted by molar-refractivity contribution is 6.05. The zero-order valence-electron chi connectivity index (χ0n) is 33.7. The van der Waals surface area contributed by atoms with Crippen molar-refractivity contribution in [2.45, 2.75) is 11.5 Å². The Morgan fingerprint density at radius 2 is 0.952 bits per heavy atom. The van der Waals surface area contributed by atoms with Crippen molar-refractivity contribution in [1.29, 1.82) is 0 Å². The van der Waals surface area contributed by atoms with Crippen molar-refractivity contribution >= 4 is 11.5 Å². The molecule has 1 N–H and O–H groups in total. The van der Waals surface area contributed by atoms with Crippen LogP contribution in [0.15, 0.2) is 230 Å². The minimum absolute atomic E-state index is 0.155. The summed E-state index contributed by atoms with van der Waals surface area (Å²) in [7, 11) is 0. The van der Waals surface area contributed by atoms with Crippen LogP contribution in [0.5, 0.6) is 11.5 Å². The Morgan fingerprint density at radius 3 is 1.65 bits per heavy atom. The second-order valence-electron chi connectivity index (χ2n) is 16.1. The Balaban J connectivity index is 0.925. The average Bonchev–Trinajstić information content (AvgIpc) is 3.64. The molecule has 4 heteroatoms. The fraction of sp³-hybridized carbons (Fsp3) is 0.0345. The topological polar surface area (TPSA) is 46.5 Å². The molecular formula is C58H39N3O. The molecule has 0 amide bonds. The quantitative estimate of drug-likeness (QED) is 0.182. The van der Waals surface area contributed by atoms with E-state index in [-0.39, 0.29) is 6.04 Å². The van der Waals surface area contributed by atoms with E-state index in [9.17, 15) is 0 Å². The van der Waals surface area contributed by atoms with E-state index in [2.05, 4.69) is 218 Å². The second kappa shape index (κ2) is 14.6. The monoisotopic (exact) mass is 793 g/mol. The lowest BCUT2D eigenvalue weighted by molar-refractivity contribution is 0.436. The standard InChI is InChI=1S/C58H39N3O/c1-3-14-38(15-4-1)39-27-29-40(30-28-39)52-37-53(61-57(60-52)41-16-5-2-6-17-41)46-21-12-20-44(35-46)42-18-11-19-43(34-42)45-31-32-47-51(36-45)58(50-24-13-33-59-56(47)50)48-22-7-9-25-54(48)62-55-26-10-8-23-49(55)58/h1-37,52H,(H,60,61). The van der Waals surface area contributed by atoms with Crippen LogP contribution in [-0.2, 0) is 5.41 Å². The minimum Gasteiger partial charge on any atom is -0.457 e. The first-order valence-electron chi connectivity index (χ1n) is 21.2. The number of para-hydroxylation sites is 2. The SMILES string of the molecule is C1=C(c2cccc(-c3cccc(-c4ccc5c(c4)C4(c6ccccc6Oc6ccccc64)c4cccnc4-5)c3)c2)NC(c2ccccc2)=NC1c1ccc(-c2ccccc2)cc1. The molecule has 0 radical (unpaired) electrons. The zero-order valence-corrected chi connectivity index (χ0v) is 33.7. The minimum atomic E-state index is -0.573. The lowest BCUT2D eigenvalue weighted by atomic mass is 9.66. The molecule has 3 aliphatic rings. The Kier molecular flexibility index (Phi) is 8.42. The van der Waals surface area contributed by atoms with Gasteiger partial charge in [-0.15, -0.1) is 0 Å². The maximum absolute atomic E-state index is 6.57. The molecule has 1 aliphatic carbocycles. The molecule has 62 heavy (non-hydrogen) atoms. The summed E-state index contributed by atoms with van der Waals surface area (Å²) in [5.41, 5.74) is 17.6. The second-order valence-corrected chi connectivity index (χ2v) is 16.1. The summed E-state index contributed by atoms with van der Waals surface area (Å²) >= 11 is 0. The zero-order chi connectivity index (χ0) is 41.0. The van der Waals surface area contributed by atoms with Crippen LogP contribution in [0.4, 0.5) is 0 Å². The number of nitrogens with zero attached hydrogens (tertiary/aromatic N) is 2. The fourth-order valence-corrected chi connectivity index (χ4v) is 9.75. The van der Waals surface area contributed by atoms with E-state index in [1.807, 2.05) is 12.3 Å². The number of hydrogen-bond donors (Lipinski definition) is 1. The van der Waals surface area contributed by atoms with Crippen LogP contribution in [0.3, 0.4) is 0 Å². The van der Waals surface area contributed by atoms with Gasteiger partial charge in [-0.25, -0.2) is 0 Å². The summed E-state index contributed by atoms with van der Waals surface area (Å²) in [6.45, 7) is 0. The number of hydrogen-bond acceptors (Lipinski definition) is 4. The molecule has 0 bridgehead atoms. The maximum atomic E-state index is 6.57. The molecule has 0 fully saturated rings. The van der Waals surface area contributed by atoms with Gasteiger partial charge >= 0.3 is 0 Å². The van der Waals surface area contributed by atoms with Crippen molar-refractivity contribution in [2.24, 2.45) is 4.99 Å². The van der Waals surface area contributed by atoms with E-state index in [1.54, 1.807) is 0 Å². The van der Waals surface area contributed by atoms with Gasteiger partial charge < -0.3 is 10.1 Å². The first-order chi connectivity index (χ1) is 30.7. The Labute approximate surface area is 361 Å². The predicted octanol–water partition coefficient (Wildman–Crippen LogP) is 13.7. The molecule has 3 heterocycles. The summed E-state index contributed by atoms with van der Waals surface area (Å²) in [5, 5.41) is 3.71. The van der Waals surface area contributed by atoms with Gasteiger partial charge in [-0.3, -0.25) is 9.98 Å². The van der Waals surface area contributed by atoms with Gasteiger partial charge in [-0.1, -0.05) is 176 Å². The number of ether oxygens (including phenoxy) is 1. The fourth-order valence-electron chi connectivity index (χ4n) is 9.75. The van der Waals surface area contributed by atoms with E-state index < -0.39 is 5.41 Å². The van der Waals surface area contributed by atoms with Crippen LogP contribution in [0, 0.1) is 0 Å². The normalized spacial score (nSPS) is 15.2. The molecule has 1 aromatic heterocycles. The third-order valence-electron chi connectivity index (χ3n) is 12.6. The molecule has 4 nitrogen and oxygen atoms in total. The van der Waals surface area contributed by atoms with Gasteiger partial charge in [0.25, 0.3) is 0 Å². The van der Waals surface area contributed by atoms with Gasteiger partial charge in [0.15, 0.2) is 0 Å². The summed E-state index contributed by atoms with van der Waals surface area (Å²) < 4.78 is 6.57. The molecule has 292 valence electrons. The van der Waals surface area contributed by atoms with E-state index >= 15 is 0 Å². The molecule has 2 aliphatic heterocycles. The summed E-state index contributed by atoms with van der Waals surface area (Å²) in [5.74, 6) is 2.60. The lowest BCUT2D eigenvalue weighted by Gasteiger charge is -2.39. The highest BCUT2D eigenvalue weighted by Crippen LogP contribution is 2.62. The van der Waals surface area contributed by atoms with Crippen molar-refractivity contribution in [3.8, 4) is 56.1 Å². The Bertz CT molecular complexity index is 3200. The van der Waals surface area contributed by atoms with Crippen LogP contribution in [0.2, 0.25) is 0 Å². The number of nitrogens with one attached hydrogen (secondary N) is 1. The largest absolute Gasteiger partial charge is 0.457 e. The van der Waals surface area contributed by atoms with Crippen LogP contribution < -0.4 is 10.1 Å². The number of aliphatic imine (C=N–C) groups is 1. The van der Waals surface area contributed by atoms with Crippen LogP contribution in [-0.4, -0.2) is 10.8 Å². The van der Waals surface area contributed by atoms with Gasteiger partial charge in [0.05, 0.1) is 17.2 Å². The van der Waals surface area contributed by atoms with Crippen molar-refractivity contribution in [1.82, 2.24) is 10.3 Å². The number of fused-ring (bicyclic) bond motifs is 9. The van der Waals surface area contributed by atoms with E-state index in [1.165, 1.54) is 22.3 Å². The van der Waals surface area contributed by atoms with Gasteiger partial charge in [0.2, 0.25) is 0 Å². The predicted molar refractivity (Wildman–Crippen MR) is 251 cm³/mol. The molecule has 8 aromatic carbocycles. The highest BCUT2D eigenvalue weighted by atomic mass is 16.5. The Hall–Kier alpha value is -8.08. The van der Waals surface area contributed by atoms with Crippen LogP contribution in [0.1, 0.15) is 45.0 Å². The van der Waals surface area contributed by atoms with Gasteiger partial charge in [0, 0.05) is 34.1 Å². The third kappa shape index (κ3) is 5.83. The summed E-state index contributed by atoms with van der Waals surface area (Å²) in [6.07, 6.45) is 4.15. The van der Waals surface area contributed by atoms with Crippen molar-refractivity contribution in [3.05, 3.63) is 264 Å². The molecular weight excluding hydrogens is 755 g/mol. The molecule has 1 spiro atoms. The van der Waals surface area contributed by atoms with Crippen molar-refractivity contribution in [3.63, 3.8) is 0 Å². The van der Waals surface area contributed by atoms with E-state index in [0.29, 0.717) is 0 Å². The van der Waals surface area contributed by atoms with E-state index in [0.717, 1.165) is 84.4 Å². The lowest BCUT2D eigenvalue weighted by Crippen LogP contribution is -2.32. The first kappa shape index (κ1) is 35.8. The number of aromatic nitrogens is 1. The number of rotatable bonds is 6. The van der Waals surface area contributed by atoms with Crippen molar-refractivity contribution < 1.29 is 4.74 Å². The van der Waals surface area contributed by atoms with Gasteiger partial charge in [-0.05, 0) is 98.1 Å². The highest BCUT2D eigenvalue weighted by Gasteiger charge is 2.51. The first-order valence-corrected chi connectivity index (χ1v) is 21.2. The molecule has 0 saturated heterocycles. The summed E-state index contributed by atoms with van der Waals surface area (Å²) in [6, 6.07) is 75.4. The molecule has 1 unspecified atom stereocenters. The molecule has 1 atom stereocenters. The third-order valence-corrected chi connectivity index (χ3v) is 12.6.